The van der Waals surface area contributed by atoms with Gasteiger partial charge >= 0.3 is 0 Å². The third-order valence-electron chi connectivity index (χ3n) is 3.80. The molecule has 0 amide bonds. The molecule has 1 rings (SSSR count). The number of hydrogen-bond acceptors (Lipinski definition) is 2. The molecule has 90 valence electrons. The van der Waals surface area contributed by atoms with Crippen molar-refractivity contribution in [1.82, 2.24) is 10.2 Å². The molecule has 0 aromatic carbocycles. The van der Waals surface area contributed by atoms with E-state index < -0.39 is 0 Å². The Bertz CT molecular complexity index is 159. The molecule has 2 unspecified atom stereocenters. The number of nitrogens with one attached hydrogen (secondary N) is 1. The lowest BCUT2D eigenvalue weighted by molar-refractivity contribution is 0.222. The van der Waals surface area contributed by atoms with Crippen LogP contribution in [0.1, 0.15) is 46.0 Å². The Morgan fingerprint density at radius 2 is 2.07 bits per heavy atom. The molecule has 15 heavy (non-hydrogen) atoms. The molecule has 0 aromatic rings. The highest BCUT2D eigenvalue weighted by molar-refractivity contribution is 4.84. The molecular formula is C13H28N2. The second-order valence-corrected chi connectivity index (χ2v) is 4.83. The van der Waals surface area contributed by atoms with Gasteiger partial charge < -0.3 is 10.2 Å². The molecule has 2 nitrogen and oxygen atoms in total. The standard InChI is InChI=1S/C13H28N2/c1-4-6-10-15(5-2)11-12-8-7-9-13(12)14-3/h12-14H,4-11H2,1-3H3. The maximum absolute atomic E-state index is 3.47. The van der Waals surface area contributed by atoms with Crippen LogP contribution in [0, 0.1) is 5.92 Å². The van der Waals surface area contributed by atoms with Crippen LogP contribution in [0.15, 0.2) is 0 Å². The van der Waals surface area contributed by atoms with Gasteiger partial charge in [-0.25, -0.2) is 0 Å². The fourth-order valence-electron chi connectivity index (χ4n) is 2.73. The molecule has 1 saturated carbocycles. The zero-order valence-electron chi connectivity index (χ0n) is 10.8. The molecule has 0 radical (unpaired) electrons. The first-order chi connectivity index (χ1) is 7.31. The molecule has 1 N–H and O–H groups in total. The topological polar surface area (TPSA) is 15.3 Å². The van der Waals surface area contributed by atoms with Gasteiger partial charge in [0, 0.05) is 12.6 Å². The molecule has 2 atom stereocenters. The van der Waals surface area contributed by atoms with Gasteiger partial charge in [0.25, 0.3) is 0 Å². The second kappa shape index (κ2) is 7.24. The van der Waals surface area contributed by atoms with Crippen molar-refractivity contribution >= 4 is 0 Å². The highest BCUT2D eigenvalue weighted by atomic mass is 15.1. The van der Waals surface area contributed by atoms with Gasteiger partial charge in [0.05, 0.1) is 0 Å². The van der Waals surface area contributed by atoms with Gasteiger partial charge in [-0.05, 0) is 45.3 Å². The van der Waals surface area contributed by atoms with E-state index in [-0.39, 0.29) is 0 Å². The van der Waals surface area contributed by atoms with E-state index in [1.165, 1.54) is 51.7 Å². The summed E-state index contributed by atoms with van der Waals surface area (Å²) in [5, 5.41) is 3.47. The number of unbranched alkanes of at least 4 members (excludes halogenated alkanes) is 1. The van der Waals surface area contributed by atoms with Gasteiger partial charge in [0.2, 0.25) is 0 Å². The molecule has 2 heteroatoms. The monoisotopic (exact) mass is 212 g/mol. The molecular weight excluding hydrogens is 184 g/mol. The van der Waals surface area contributed by atoms with E-state index in [2.05, 4.69) is 31.1 Å². The van der Waals surface area contributed by atoms with Crippen LogP contribution in [0.25, 0.3) is 0 Å². The Balaban J connectivity index is 2.29. The first-order valence-corrected chi connectivity index (χ1v) is 6.71. The van der Waals surface area contributed by atoms with Crippen LogP contribution in [-0.2, 0) is 0 Å². The number of hydrogen-bond donors (Lipinski definition) is 1. The molecule has 1 fully saturated rings. The van der Waals surface area contributed by atoms with Gasteiger partial charge in [-0.3, -0.25) is 0 Å². The first kappa shape index (κ1) is 13.0. The van der Waals surface area contributed by atoms with Crippen molar-refractivity contribution in [2.45, 2.75) is 52.0 Å². The maximum atomic E-state index is 3.47. The normalized spacial score (nSPS) is 26.4. The third-order valence-corrected chi connectivity index (χ3v) is 3.80. The smallest absolute Gasteiger partial charge is 0.0104 e. The molecule has 0 aromatic heterocycles. The van der Waals surface area contributed by atoms with Crippen LogP contribution >= 0.6 is 0 Å². The SMILES string of the molecule is CCCCN(CC)CC1CCCC1NC. The molecule has 0 saturated heterocycles. The van der Waals surface area contributed by atoms with Gasteiger partial charge in [0.15, 0.2) is 0 Å². The average molecular weight is 212 g/mol. The van der Waals surface area contributed by atoms with Crippen LogP contribution in [0.4, 0.5) is 0 Å². The fourth-order valence-corrected chi connectivity index (χ4v) is 2.73. The molecule has 1 aliphatic rings. The Labute approximate surface area is 95.4 Å². The zero-order chi connectivity index (χ0) is 11.1. The Kier molecular flexibility index (Phi) is 6.26. The summed E-state index contributed by atoms with van der Waals surface area (Å²) in [6.45, 7) is 8.38. The van der Waals surface area contributed by atoms with Gasteiger partial charge in [-0.2, -0.15) is 0 Å². The zero-order valence-corrected chi connectivity index (χ0v) is 10.8. The summed E-state index contributed by atoms with van der Waals surface area (Å²) in [6.07, 6.45) is 6.89. The summed E-state index contributed by atoms with van der Waals surface area (Å²) < 4.78 is 0. The van der Waals surface area contributed by atoms with E-state index in [1.807, 2.05) is 0 Å². The average Bonchev–Trinajstić information content (AvgIpc) is 2.71. The summed E-state index contributed by atoms with van der Waals surface area (Å²) in [5.74, 6) is 0.895. The third kappa shape index (κ3) is 4.12. The van der Waals surface area contributed by atoms with Gasteiger partial charge in [-0.15, -0.1) is 0 Å². The van der Waals surface area contributed by atoms with E-state index in [1.54, 1.807) is 0 Å². The van der Waals surface area contributed by atoms with Gasteiger partial charge in [0.1, 0.15) is 0 Å². The molecule has 0 aliphatic heterocycles. The molecule has 1 aliphatic carbocycles. The lowest BCUT2D eigenvalue weighted by Crippen LogP contribution is -2.38. The van der Waals surface area contributed by atoms with Crippen molar-refractivity contribution in [3.63, 3.8) is 0 Å². The van der Waals surface area contributed by atoms with E-state index in [0.29, 0.717) is 0 Å². The summed E-state index contributed by atoms with van der Waals surface area (Å²) in [7, 11) is 2.12. The van der Waals surface area contributed by atoms with E-state index in [0.717, 1.165) is 12.0 Å². The summed E-state index contributed by atoms with van der Waals surface area (Å²) >= 11 is 0. The van der Waals surface area contributed by atoms with E-state index in [4.69, 9.17) is 0 Å². The minimum absolute atomic E-state index is 0.778. The Hall–Kier alpha value is -0.0800. The second-order valence-electron chi connectivity index (χ2n) is 4.83. The summed E-state index contributed by atoms with van der Waals surface area (Å²) in [4.78, 5) is 2.63. The molecule has 0 bridgehead atoms. The van der Waals surface area contributed by atoms with E-state index in [9.17, 15) is 0 Å². The minimum atomic E-state index is 0.778. The number of nitrogens with zero attached hydrogens (tertiary/aromatic N) is 1. The predicted octanol–water partition coefficient (Wildman–Crippen LogP) is 2.50. The van der Waals surface area contributed by atoms with Crippen molar-refractivity contribution in [3.05, 3.63) is 0 Å². The van der Waals surface area contributed by atoms with Crippen molar-refractivity contribution in [1.29, 1.82) is 0 Å². The lowest BCUT2D eigenvalue weighted by atomic mass is 10.0. The Morgan fingerprint density at radius 1 is 1.27 bits per heavy atom. The van der Waals surface area contributed by atoms with Crippen molar-refractivity contribution in [2.24, 2.45) is 5.92 Å². The fraction of sp³-hybridized carbons (Fsp3) is 1.00. The van der Waals surface area contributed by atoms with Crippen molar-refractivity contribution in [2.75, 3.05) is 26.7 Å². The Morgan fingerprint density at radius 3 is 2.67 bits per heavy atom. The molecule has 0 heterocycles. The highest BCUT2D eigenvalue weighted by Gasteiger charge is 2.26. The summed E-state index contributed by atoms with van der Waals surface area (Å²) in [5.41, 5.74) is 0. The van der Waals surface area contributed by atoms with Crippen LogP contribution in [0.5, 0.6) is 0 Å². The van der Waals surface area contributed by atoms with Crippen molar-refractivity contribution < 1.29 is 0 Å². The lowest BCUT2D eigenvalue weighted by Gasteiger charge is -2.27. The van der Waals surface area contributed by atoms with Crippen LogP contribution in [-0.4, -0.2) is 37.6 Å². The largest absolute Gasteiger partial charge is 0.317 e. The highest BCUT2D eigenvalue weighted by Crippen LogP contribution is 2.26. The number of rotatable bonds is 7. The van der Waals surface area contributed by atoms with Gasteiger partial charge in [-0.1, -0.05) is 26.7 Å². The van der Waals surface area contributed by atoms with Crippen LogP contribution in [0.3, 0.4) is 0 Å². The molecule has 0 spiro atoms. The summed E-state index contributed by atoms with van der Waals surface area (Å²) in [6, 6.07) is 0.778. The quantitative estimate of drug-likeness (QED) is 0.697. The maximum Gasteiger partial charge on any atom is 0.0104 e. The predicted molar refractivity (Wildman–Crippen MR) is 67.2 cm³/mol. The van der Waals surface area contributed by atoms with Crippen molar-refractivity contribution in [3.8, 4) is 0 Å². The van der Waals surface area contributed by atoms with Crippen LogP contribution in [0.2, 0.25) is 0 Å². The van der Waals surface area contributed by atoms with E-state index >= 15 is 0 Å². The first-order valence-electron chi connectivity index (χ1n) is 6.71. The van der Waals surface area contributed by atoms with Crippen LogP contribution < -0.4 is 5.32 Å². The minimum Gasteiger partial charge on any atom is -0.317 e.